The molecule has 1 aliphatic carbocycles. The molecule has 0 saturated heterocycles. The van der Waals surface area contributed by atoms with Gasteiger partial charge < -0.3 is 9.64 Å². The Morgan fingerprint density at radius 1 is 1.14 bits per heavy atom. The van der Waals surface area contributed by atoms with Gasteiger partial charge in [0, 0.05) is 24.2 Å². The summed E-state index contributed by atoms with van der Waals surface area (Å²) < 4.78 is 32.6. The van der Waals surface area contributed by atoms with Crippen LogP contribution in [0, 0.1) is 0 Å². The van der Waals surface area contributed by atoms with Crippen molar-refractivity contribution in [3.8, 4) is 5.75 Å². The van der Waals surface area contributed by atoms with Crippen molar-refractivity contribution in [2.45, 2.75) is 56.6 Å². The zero-order chi connectivity index (χ0) is 21.0. The van der Waals surface area contributed by atoms with Crippen molar-refractivity contribution in [1.82, 2.24) is 9.62 Å². The molecule has 3 rings (SSSR count). The summed E-state index contributed by atoms with van der Waals surface area (Å²) >= 11 is 0. The molecule has 1 amide bonds. The second-order valence-electron chi connectivity index (χ2n) is 7.47. The lowest BCUT2D eigenvalue weighted by Gasteiger charge is -2.23. The molecule has 0 spiro atoms. The molecule has 2 aromatic rings. The largest absolute Gasteiger partial charge is 0.497 e. The highest BCUT2D eigenvalue weighted by Gasteiger charge is 2.33. The third-order valence-corrected chi connectivity index (χ3v) is 6.75. The quantitative estimate of drug-likeness (QED) is 0.678. The first kappa shape index (κ1) is 21.3. The number of nitrogens with one attached hydrogen (secondary N) is 1. The molecular weight excluding hydrogens is 388 g/mol. The molecule has 2 aromatic carbocycles. The van der Waals surface area contributed by atoms with Crippen LogP contribution in [0.25, 0.3) is 0 Å². The highest BCUT2D eigenvalue weighted by molar-refractivity contribution is 7.89. The SMILES string of the molecule is CC[C@@H](C)NS(=O)(=O)c1ccc(C(=O)N(Cc2ccc(OC)cc2)C2CC2)cc1. The van der Waals surface area contributed by atoms with E-state index in [0.717, 1.165) is 24.2 Å². The van der Waals surface area contributed by atoms with Crippen molar-refractivity contribution < 1.29 is 17.9 Å². The van der Waals surface area contributed by atoms with Gasteiger partial charge in [0.15, 0.2) is 0 Å². The van der Waals surface area contributed by atoms with Gasteiger partial charge in [-0.3, -0.25) is 4.79 Å². The number of ether oxygens (including phenoxy) is 1. The Kier molecular flexibility index (Phi) is 6.59. The number of carbonyl (C=O) groups excluding carboxylic acids is 1. The number of amides is 1. The number of hydrogen-bond acceptors (Lipinski definition) is 4. The maximum absolute atomic E-state index is 13.1. The monoisotopic (exact) mass is 416 g/mol. The molecule has 0 unspecified atom stereocenters. The molecule has 0 aromatic heterocycles. The van der Waals surface area contributed by atoms with Crippen LogP contribution in [0.2, 0.25) is 0 Å². The van der Waals surface area contributed by atoms with Crippen molar-refractivity contribution in [3.63, 3.8) is 0 Å². The first-order valence-corrected chi connectivity index (χ1v) is 11.4. The Hall–Kier alpha value is -2.38. The van der Waals surface area contributed by atoms with Gasteiger partial charge >= 0.3 is 0 Å². The van der Waals surface area contributed by atoms with E-state index in [-0.39, 0.29) is 22.9 Å². The van der Waals surface area contributed by atoms with Gasteiger partial charge in [-0.15, -0.1) is 0 Å². The van der Waals surface area contributed by atoms with Gasteiger partial charge in [0.05, 0.1) is 12.0 Å². The first-order valence-electron chi connectivity index (χ1n) is 9.90. The molecule has 1 saturated carbocycles. The van der Waals surface area contributed by atoms with E-state index in [2.05, 4.69) is 4.72 Å². The zero-order valence-electron chi connectivity index (χ0n) is 17.1. The Morgan fingerprint density at radius 3 is 2.28 bits per heavy atom. The Bertz CT molecular complexity index is 936. The molecule has 0 heterocycles. The zero-order valence-corrected chi connectivity index (χ0v) is 17.9. The van der Waals surface area contributed by atoms with Crippen LogP contribution in [0.5, 0.6) is 5.75 Å². The van der Waals surface area contributed by atoms with E-state index >= 15 is 0 Å². The Morgan fingerprint density at radius 2 is 1.76 bits per heavy atom. The number of methoxy groups -OCH3 is 1. The van der Waals surface area contributed by atoms with Crippen LogP contribution in [0.15, 0.2) is 53.4 Å². The average molecular weight is 417 g/mol. The highest BCUT2D eigenvalue weighted by Crippen LogP contribution is 2.30. The summed E-state index contributed by atoms with van der Waals surface area (Å²) in [7, 11) is -1.96. The maximum Gasteiger partial charge on any atom is 0.254 e. The van der Waals surface area contributed by atoms with Gasteiger partial charge in [-0.05, 0) is 68.1 Å². The summed E-state index contributed by atoms with van der Waals surface area (Å²) in [6, 6.07) is 14.0. The molecule has 1 atom stereocenters. The molecule has 0 radical (unpaired) electrons. The Labute approximate surface area is 172 Å². The van der Waals surface area contributed by atoms with E-state index in [4.69, 9.17) is 4.74 Å². The predicted octanol–water partition coefficient (Wildman–Crippen LogP) is 3.58. The van der Waals surface area contributed by atoms with Crippen molar-refractivity contribution in [2.24, 2.45) is 0 Å². The third kappa shape index (κ3) is 5.36. The van der Waals surface area contributed by atoms with E-state index < -0.39 is 10.0 Å². The molecule has 156 valence electrons. The number of rotatable bonds is 9. The van der Waals surface area contributed by atoms with E-state index in [9.17, 15) is 13.2 Å². The van der Waals surface area contributed by atoms with Crippen LogP contribution in [-0.4, -0.2) is 38.4 Å². The third-order valence-electron chi connectivity index (χ3n) is 5.14. The van der Waals surface area contributed by atoms with Crippen molar-refractivity contribution in [1.29, 1.82) is 0 Å². The van der Waals surface area contributed by atoms with Crippen LogP contribution < -0.4 is 9.46 Å². The van der Waals surface area contributed by atoms with Crippen LogP contribution in [0.4, 0.5) is 0 Å². The summed E-state index contributed by atoms with van der Waals surface area (Å²) in [5.74, 6) is 0.697. The van der Waals surface area contributed by atoms with Crippen LogP contribution >= 0.6 is 0 Å². The number of nitrogens with zero attached hydrogens (tertiary/aromatic N) is 1. The number of sulfonamides is 1. The summed E-state index contributed by atoms with van der Waals surface area (Å²) in [5.41, 5.74) is 1.52. The van der Waals surface area contributed by atoms with Crippen molar-refractivity contribution >= 4 is 15.9 Å². The standard InChI is InChI=1S/C22H28N2O4S/c1-4-16(2)23-29(26,27)21-13-7-18(8-14-21)22(25)24(19-9-10-19)15-17-5-11-20(28-3)12-6-17/h5-8,11-14,16,19,23H,4,9-10,15H2,1-3H3/t16-/m1/s1. The second kappa shape index (κ2) is 8.97. The number of carbonyl (C=O) groups is 1. The summed E-state index contributed by atoms with van der Waals surface area (Å²) in [4.78, 5) is 15.1. The summed E-state index contributed by atoms with van der Waals surface area (Å²) in [5, 5.41) is 0. The lowest BCUT2D eigenvalue weighted by atomic mass is 10.1. The molecule has 7 heteroatoms. The van der Waals surface area contributed by atoms with Gasteiger partial charge in [-0.1, -0.05) is 19.1 Å². The predicted molar refractivity (Wildman–Crippen MR) is 112 cm³/mol. The van der Waals surface area contributed by atoms with Gasteiger partial charge in [0.1, 0.15) is 5.75 Å². The van der Waals surface area contributed by atoms with Gasteiger partial charge in [0.2, 0.25) is 10.0 Å². The van der Waals surface area contributed by atoms with Gasteiger partial charge in [0.25, 0.3) is 5.91 Å². The minimum absolute atomic E-state index is 0.0813. The van der Waals surface area contributed by atoms with Crippen molar-refractivity contribution in [2.75, 3.05) is 7.11 Å². The van der Waals surface area contributed by atoms with E-state index in [1.807, 2.05) is 43.0 Å². The molecule has 6 nitrogen and oxygen atoms in total. The van der Waals surface area contributed by atoms with Crippen LogP contribution in [-0.2, 0) is 16.6 Å². The lowest BCUT2D eigenvalue weighted by Crippen LogP contribution is -2.33. The fourth-order valence-corrected chi connectivity index (χ4v) is 4.37. The minimum Gasteiger partial charge on any atom is -0.497 e. The van der Waals surface area contributed by atoms with Crippen molar-refractivity contribution in [3.05, 3.63) is 59.7 Å². The molecule has 0 bridgehead atoms. The molecule has 29 heavy (non-hydrogen) atoms. The number of benzene rings is 2. The lowest BCUT2D eigenvalue weighted by molar-refractivity contribution is 0.0730. The van der Waals surface area contributed by atoms with Gasteiger partial charge in [-0.2, -0.15) is 0 Å². The highest BCUT2D eigenvalue weighted by atomic mass is 32.2. The smallest absolute Gasteiger partial charge is 0.254 e. The van der Waals surface area contributed by atoms with E-state index in [1.165, 1.54) is 12.1 Å². The fraction of sp³-hybridized carbons (Fsp3) is 0.409. The van der Waals surface area contributed by atoms with Crippen LogP contribution in [0.1, 0.15) is 49.0 Å². The molecule has 0 aliphatic heterocycles. The number of hydrogen-bond donors (Lipinski definition) is 1. The molecule has 1 fully saturated rings. The van der Waals surface area contributed by atoms with E-state index in [0.29, 0.717) is 18.5 Å². The topological polar surface area (TPSA) is 75.7 Å². The summed E-state index contributed by atoms with van der Waals surface area (Å²) in [6.07, 6.45) is 2.69. The first-order chi connectivity index (χ1) is 13.8. The Balaban J connectivity index is 1.75. The van der Waals surface area contributed by atoms with E-state index in [1.54, 1.807) is 19.2 Å². The molecule has 1 aliphatic rings. The normalized spacial score (nSPS) is 15.0. The second-order valence-corrected chi connectivity index (χ2v) is 9.18. The maximum atomic E-state index is 13.1. The fourth-order valence-electron chi connectivity index (χ4n) is 3.04. The summed E-state index contributed by atoms with van der Waals surface area (Å²) in [6.45, 7) is 4.26. The average Bonchev–Trinajstić information content (AvgIpc) is 3.57. The van der Waals surface area contributed by atoms with Crippen LogP contribution in [0.3, 0.4) is 0 Å². The minimum atomic E-state index is -3.58. The molecular formula is C22H28N2O4S. The van der Waals surface area contributed by atoms with Gasteiger partial charge in [-0.25, -0.2) is 13.1 Å². The molecule has 1 N–H and O–H groups in total.